The van der Waals surface area contributed by atoms with Crippen molar-refractivity contribution in [2.45, 2.75) is 19.3 Å². The number of carbonyl (C=O) groups is 2. The molecule has 0 saturated heterocycles. The van der Waals surface area contributed by atoms with Gasteiger partial charge in [0.05, 0.1) is 0 Å². The lowest BCUT2D eigenvalue weighted by Gasteiger charge is -2.29. The lowest BCUT2D eigenvalue weighted by atomic mass is 9.97. The molecular weight excluding hydrogens is 276 g/mol. The smallest absolute Gasteiger partial charge is 0.258 e. The van der Waals surface area contributed by atoms with Crippen molar-refractivity contribution in [1.82, 2.24) is 0 Å². The predicted octanol–water partition coefficient (Wildman–Crippen LogP) is 2.77. The first-order chi connectivity index (χ1) is 10.7. The number of nitrogens with one attached hydrogen (secondary N) is 1. The largest absolute Gasteiger partial charge is 0.326 e. The quantitative estimate of drug-likeness (QED) is 0.878. The number of aryl methyl sites for hydroxylation is 1. The highest BCUT2D eigenvalue weighted by Crippen LogP contribution is 2.30. The fourth-order valence-corrected chi connectivity index (χ4v) is 3.20. The summed E-state index contributed by atoms with van der Waals surface area (Å²) in [5.41, 5.74) is 4.69. The van der Waals surface area contributed by atoms with E-state index in [9.17, 15) is 9.59 Å². The van der Waals surface area contributed by atoms with Gasteiger partial charge in [-0.2, -0.15) is 0 Å². The molecule has 1 N–H and O–H groups in total. The summed E-state index contributed by atoms with van der Waals surface area (Å²) >= 11 is 0. The molecule has 2 aromatic rings. The van der Waals surface area contributed by atoms with Crippen LogP contribution in [0.25, 0.3) is 0 Å². The summed E-state index contributed by atoms with van der Waals surface area (Å²) < 4.78 is 0. The van der Waals surface area contributed by atoms with Crippen LogP contribution in [-0.2, 0) is 17.6 Å². The third kappa shape index (κ3) is 2.08. The van der Waals surface area contributed by atoms with Gasteiger partial charge in [0.25, 0.3) is 5.91 Å². The molecule has 0 saturated carbocycles. The summed E-state index contributed by atoms with van der Waals surface area (Å²) in [6.45, 7) is 0.669. The molecule has 22 heavy (non-hydrogen) atoms. The third-order valence-corrected chi connectivity index (χ3v) is 4.40. The Kier molecular flexibility index (Phi) is 2.96. The molecule has 2 amide bonds. The molecule has 4 nitrogen and oxygen atoms in total. The molecule has 0 atom stereocenters. The Balaban J connectivity index is 1.70. The van der Waals surface area contributed by atoms with E-state index in [1.54, 1.807) is 4.90 Å². The van der Waals surface area contributed by atoms with Crippen molar-refractivity contribution in [3.8, 4) is 0 Å². The standard InChI is InChI=1S/C18H16N2O2/c21-17-8-6-13-5-7-14(11-16(13)19-17)20-10-9-12-3-1-2-4-15(12)18(20)22/h1-5,7,11H,6,8-10H2,(H,19,21). The van der Waals surface area contributed by atoms with E-state index in [0.29, 0.717) is 13.0 Å². The highest BCUT2D eigenvalue weighted by atomic mass is 16.2. The molecule has 2 aliphatic heterocycles. The lowest BCUT2D eigenvalue weighted by Crippen LogP contribution is -2.37. The number of rotatable bonds is 1. The minimum atomic E-state index is 0.0314. The molecule has 0 spiro atoms. The summed E-state index contributed by atoms with van der Waals surface area (Å²) in [6, 6.07) is 13.7. The summed E-state index contributed by atoms with van der Waals surface area (Å²) in [7, 11) is 0. The van der Waals surface area contributed by atoms with Gasteiger partial charge in [0.2, 0.25) is 5.91 Å². The Bertz CT molecular complexity index is 782. The van der Waals surface area contributed by atoms with Crippen molar-refractivity contribution in [2.24, 2.45) is 0 Å². The number of fused-ring (bicyclic) bond motifs is 2. The molecule has 0 aromatic heterocycles. The van der Waals surface area contributed by atoms with E-state index in [1.165, 1.54) is 0 Å². The van der Waals surface area contributed by atoms with Gasteiger partial charge in [-0.3, -0.25) is 9.59 Å². The van der Waals surface area contributed by atoms with Crippen molar-refractivity contribution in [3.05, 3.63) is 59.2 Å². The van der Waals surface area contributed by atoms with Crippen LogP contribution in [0.5, 0.6) is 0 Å². The van der Waals surface area contributed by atoms with Gasteiger partial charge in [0.15, 0.2) is 0 Å². The molecule has 4 rings (SSSR count). The number of anilines is 2. The summed E-state index contributed by atoms with van der Waals surface area (Å²) in [4.78, 5) is 26.0. The van der Waals surface area contributed by atoms with E-state index in [4.69, 9.17) is 0 Å². The number of nitrogens with zero attached hydrogens (tertiary/aromatic N) is 1. The zero-order valence-electron chi connectivity index (χ0n) is 12.1. The van der Waals surface area contributed by atoms with Crippen molar-refractivity contribution < 1.29 is 9.59 Å². The Morgan fingerprint density at radius 2 is 1.77 bits per heavy atom. The van der Waals surface area contributed by atoms with E-state index in [0.717, 1.165) is 40.9 Å². The van der Waals surface area contributed by atoms with Crippen LogP contribution >= 0.6 is 0 Å². The van der Waals surface area contributed by atoms with Crippen LogP contribution in [0.3, 0.4) is 0 Å². The first kappa shape index (κ1) is 13.1. The van der Waals surface area contributed by atoms with Gasteiger partial charge in [0, 0.05) is 29.9 Å². The molecule has 2 heterocycles. The number of carbonyl (C=O) groups excluding carboxylic acids is 2. The minimum absolute atomic E-state index is 0.0314. The zero-order valence-corrected chi connectivity index (χ0v) is 12.1. The van der Waals surface area contributed by atoms with Crippen LogP contribution in [0.4, 0.5) is 11.4 Å². The highest BCUT2D eigenvalue weighted by molar-refractivity contribution is 6.08. The van der Waals surface area contributed by atoms with Gasteiger partial charge in [0.1, 0.15) is 0 Å². The molecule has 0 fully saturated rings. The number of hydrogen-bond donors (Lipinski definition) is 1. The Hall–Kier alpha value is -2.62. The van der Waals surface area contributed by atoms with Crippen LogP contribution < -0.4 is 10.2 Å². The maximum absolute atomic E-state index is 12.7. The van der Waals surface area contributed by atoms with Gasteiger partial charge in [-0.25, -0.2) is 0 Å². The number of hydrogen-bond acceptors (Lipinski definition) is 2. The topological polar surface area (TPSA) is 49.4 Å². The van der Waals surface area contributed by atoms with Gasteiger partial charge >= 0.3 is 0 Å². The monoisotopic (exact) mass is 292 g/mol. The van der Waals surface area contributed by atoms with E-state index in [-0.39, 0.29) is 11.8 Å². The second kappa shape index (κ2) is 4.98. The molecule has 0 unspecified atom stereocenters. The molecule has 2 aliphatic rings. The maximum atomic E-state index is 12.7. The van der Waals surface area contributed by atoms with Crippen molar-refractivity contribution >= 4 is 23.2 Å². The predicted molar refractivity (Wildman–Crippen MR) is 85.2 cm³/mol. The normalized spacial score (nSPS) is 16.8. The molecule has 4 heteroatoms. The highest BCUT2D eigenvalue weighted by Gasteiger charge is 2.26. The second-order valence-electron chi connectivity index (χ2n) is 5.75. The van der Waals surface area contributed by atoms with Crippen molar-refractivity contribution in [2.75, 3.05) is 16.8 Å². The van der Waals surface area contributed by atoms with Crippen LogP contribution in [0.2, 0.25) is 0 Å². The fraction of sp³-hybridized carbons (Fsp3) is 0.222. The summed E-state index contributed by atoms with van der Waals surface area (Å²) in [5, 5.41) is 2.90. The van der Waals surface area contributed by atoms with E-state index in [2.05, 4.69) is 5.32 Å². The molecule has 0 aliphatic carbocycles. The van der Waals surface area contributed by atoms with Crippen LogP contribution in [0.1, 0.15) is 27.9 Å². The zero-order chi connectivity index (χ0) is 15.1. The lowest BCUT2D eigenvalue weighted by molar-refractivity contribution is -0.116. The average molecular weight is 292 g/mol. The Labute approximate surface area is 128 Å². The van der Waals surface area contributed by atoms with Crippen molar-refractivity contribution in [1.29, 1.82) is 0 Å². The molecular formula is C18H16N2O2. The fourth-order valence-electron chi connectivity index (χ4n) is 3.20. The average Bonchev–Trinajstić information content (AvgIpc) is 2.55. The van der Waals surface area contributed by atoms with E-state index < -0.39 is 0 Å². The summed E-state index contributed by atoms with van der Waals surface area (Å²) in [5.74, 6) is 0.0731. The van der Waals surface area contributed by atoms with Crippen LogP contribution in [0, 0.1) is 0 Å². The third-order valence-electron chi connectivity index (χ3n) is 4.40. The molecule has 2 aromatic carbocycles. The van der Waals surface area contributed by atoms with E-state index >= 15 is 0 Å². The first-order valence-electron chi connectivity index (χ1n) is 7.55. The van der Waals surface area contributed by atoms with Gasteiger partial charge in [-0.05, 0) is 42.2 Å². The minimum Gasteiger partial charge on any atom is -0.326 e. The number of amides is 2. The second-order valence-corrected chi connectivity index (χ2v) is 5.75. The number of benzene rings is 2. The first-order valence-corrected chi connectivity index (χ1v) is 7.55. The molecule has 110 valence electrons. The maximum Gasteiger partial charge on any atom is 0.258 e. The Morgan fingerprint density at radius 1 is 0.909 bits per heavy atom. The Morgan fingerprint density at radius 3 is 2.68 bits per heavy atom. The van der Waals surface area contributed by atoms with E-state index in [1.807, 2.05) is 42.5 Å². The van der Waals surface area contributed by atoms with Crippen LogP contribution in [0.15, 0.2) is 42.5 Å². The molecule has 0 bridgehead atoms. The molecule has 0 radical (unpaired) electrons. The van der Waals surface area contributed by atoms with Crippen LogP contribution in [-0.4, -0.2) is 18.4 Å². The van der Waals surface area contributed by atoms with Gasteiger partial charge < -0.3 is 10.2 Å². The van der Waals surface area contributed by atoms with Crippen molar-refractivity contribution in [3.63, 3.8) is 0 Å². The SMILES string of the molecule is O=C1CCc2ccc(N3CCc4ccccc4C3=O)cc2N1. The van der Waals surface area contributed by atoms with Gasteiger partial charge in [-0.1, -0.05) is 24.3 Å². The summed E-state index contributed by atoms with van der Waals surface area (Å²) in [6.07, 6.45) is 2.14. The van der Waals surface area contributed by atoms with Gasteiger partial charge in [-0.15, -0.1) is 0 Å².